The molecule has 1 atom stereocenters. The third kappa shape index (κ3) is 12.0. The van der Waals surface area contributed by atoms with Gasteiger partial charge in [-0.15, -0.1) is 0 Å². The van der Waals surface area contributed by atoms with Crippen LogP contribution < -0.4 is 0 Å². The first-order valence-electron chi connectivity index (χ1n) is 13.0. The molecule has 0 amide bonds. The van der Waals surface area contributed by atoms with Gasteiger partial charge in [0.05, 0.1) is 0 Å². The topological polar surface area (TPSA) is 6.48 Å². The minimum absolute atomic E-state index is 0.638. The molecule has 0 aromatic rings. The summed E-state index contributed by atoms with van der Waals surface area (Å²) in [5.41, 5.74) is 0. The van der Waals surface area contributed by atoms with Crippen LogP contribution in [-0.4, -0.2) is 29.1 Å². The van der Waals surface area contributed by atoms with E-state index in [1.54, 1.807) is 0 Å². The predicted molar refractivity (Wildman–Crippen MR) is 126 cm³/mol. The summed E-state index contributed by atoms with van der Waals surface area (Å²) < 4.78 is 0. The Hall–Kier alpha value is -0.660. The number of nitrogens with zero attached hydrogens (tertiary/aromatic N) is 2. The second kappa shape index (κ2) is 18.4. The molecule has 1 aliphatic heterocycles. The van der Waals surface area contributed by atoms with Crippen LogP contribution in [0.2, 0.25) is 0 Å². The molecular formula is C26H52N2. The monoisotopic (exact) mass is 392 g/mol. The van der Waals surface area contributed by atoms with Gasteiger partial charge in [-0.2, -0.15) is 0 Å². The van der Waals surface area contributed by atoms with E-state index in [-0.39, 0.29) is 0 Å². The third-order valence-corrected chi connectivity index (χ3v) is 6.42. The Balaban J connectivity index is 2.04. The molecule has 0 N–H and O–H groups in total. The maximum absolute atomic E-state index is 2.62. The molecule has 1 heterocycles. The van der Waals surface area contributed by atoms with E-state index < -0.39 is 0 Å². The fourth-order valence-corrected chi connectivity index (χ4v) is 4.50. The van der Waals surface area contributed by atoms with E-state index in [0.717, 1.165) is 6.54 Å². The van der Waals surface area contributed by atoms with E-state index in [2.05, 4.69) is 43.0 Å². The molecule has 0 fully saturated rings. The first-order valence-corrected chi connectivity index (χ1v) is 13.0. The standard InChI is InChI=1S/C26H52N2/c1-4-7-9-11-13-14-15-16-17-18-20-22-26-27(6-3)24-25-28(26)23-21-19-12-10-8-5-2/h24-26H,4-23H2,1-3H3. The molecule has 1 aliphatic rings. The van der Waals surface area contributed by atoms with Crippen molar-refractivity contribution in [2.75, 3.05) is 13.1 Å². The van der Waals surface area contributed by atoms with Crippen LogP contribution in [0.4, 0.5) is 0 Å². The van der Waals surface area contributed by atoms with Crippen LogP contribution in [0.5, 0.6) is 0 Å². The minimum atomic E-state index is 0.638. The Morgan fingerprint density at radius 2 is 0.929 bits per heavy atom. The summed E-state index contributed by atoms with van der Waals surface area (Å²) in [6.07, 6.45) is 30.9. The quantitative estimate of drug-likeness (QED) is 0.192. The van der Waals surface area contributed by atoms with Crippen LogP contribution in [0.1, 0.15) is 136 Å². The normalized spacial score (nSPS) is 16.5. The van der Waals surface area contributed by atoms with Gasteiger partial charge < -0.3 is 9.80 Å². The maximum Gasteiger partial charge on any atom is 0.101 e. The first-order chi connectivity index (χ1) is 13.8. The number of hydrogen-bond acceptors (Lipinski definition) is 2. The SMILES string of the molecule is CCCCCCCCCCCCCC1N(CC)C=CN1CCCCCCCC. The summed E-state index contributed by atoms with van der Waals surface area (Å²) in [5.74, 6) is 0. The number of hydrogen-bond donors (Lipinski definition) is 0. The zero-order valence-electron chi connectivity index (χ0n) is 19.8. The van der Waals surface area contributed by atoms with Crippen LogP contribution in [0.3, 0.4) is 0 Å². The van der Waals surface area contributed by atoms with Gasteiger partial charge in [-0.25, -0.2) is 0 Å². The number of rotatable bonds is 20. The van der Waals surface area contributed by atoms with Crippen molar-refractivity contribution in [3.05, 3.63) is 12.4 Å². The molecule has 0 saturated carbocycles. The predicted octanol–water partition coefficient (Wildman–Crippen LogP) is 8.48. The lowest BCUT2D eigenvalue weighted by Crippen LogP contribution is -2.38. The fourth-order valence-electron chi connectivity index (χ4n) is 4.50. The summed E-state index contributed by atoms with van der Waals surface area (Å²) >= 11 is 0. The first kappa shape index (κ1) is 25.4. The Morgan fingerprint density at radius 3 is 1.43 bits per heavy atom. The summed E-state index contributed by atoms with van der Waals surface area (Å²) in [6.45, 7) is 9.29. The lowest BCUT2D eigenvalue weighted by molar-refractivity contribution is 0.142. The molecule has 1 unspecified atom stereocenters. The Labute approximate surface area is 178 Å². The van der Waals surface area contributed by atoms with E-state index in [0.29, 0.717) is 6.17 Å². The molecule has 0 aliphatic carbocycles. The van der Waals surface area contributed by atoms with Crippen LogP contribution in [0, 0.1) is 0 Å². The van der Waals surface area contributed by atoms with E-state index >= 15 is 0 Å². The van der Waals surface area contributed by atoms with Crippen molar-refractivity contribution < 1.29 is 0 Å². The van der Waals surface area contributed by atoms with Crippen LogP contribution >= 0.6 is 0 Å². The largest absolute Gasteiger partial charge is 0.356 e. The summed E-state index contributed by atoms with van der Waals surface area (Å²) in [7, 11) is 0. The van der Waals surface area contributed by atoms with E-state index in [1.165, 1.54) is 122 Å². The van der Waals surface area contributed by atoms with Gasteiger partial charge in [-0.05, 0) is 26.2 Å². The lowest BCUT2D eigenvalue weighted by atomic mass is 10.0. The van der Waals surface area contributed by atoms with Crippen LogP contribution in [0.15, 0.2) is 12.4 Å². The summed E-state index contributed by atoms with van der Waals surface area (Å²) in [6, 6.07) is 0. The summed E-state index contributed by atoms with van der Waals surface area (Å²) in [5, 5.41) is 0. The Morgan fingerprint density at radius 1 is 0.500 bits per heavy atom. The molecule has 0 aromatic heterocycles. The van der Waals surface area contributed by atoms with E-state index in [9.17, 15) is 0 Å². The third-order valence-electron chi connectivity index (χ3n) is 6.42. The minimum Gasteiger partial charge on any atom is -0.356 e. The highest BCUT2D eigenvalue weighted by Crippen LogP contribution is 2.22. The van der Waals surface area contributed by atoms with Crippen molar-refractivity contribution in [3.8, 4) is 0 Å². The highest BCUT2D eigenvalue weighted by Gasteiger charge is 2.23. The highest BCUT2D eigenvalue weighted by atomic mass is 15.4. The second-order valence-electron chi connectivity index (χ2n) is 8.94. The molecule has 0 radical (unpaired) electrons. The molecule has 166 valence electrons. The van der Waals surface area contributed by atoms with E-state index in [1.807, 2.05) is 0 Å². The van der Waals surface area contributed by atoms with Gasteiger partial charge in [0.25, 0.3) is 0 Å². The zero-order valence-corrected chi connectivity index (χ0v) is 19.8. The smallest absolute Gasteiger partial charge is 0.101 e. The second-order valence-corrected chi connectivity index (χ2v) is 8.94. The van der Waals surface area contributed by atoms with Gasteiger partial charge in [0.1, 0.15) is 6.17 Å². The molecule has 28 heavy (non-hydrogen) atoms. The van der Waals surface area contributed by atoms with Gasteiger partial charge in [0.2, 0.25) is 0 Å². The fraction of sp³-hybridized carbons (Fsp3) is 0.923. The highest BCUT2D eigenvalue weighted by molar-refractivity contribution is 4.96. The van der Waals surface area contributed by atoms with Gasteiger partial charge >= 0.3 is 0 Å². The average molecular weight is 393 g/mol. The van der Waals surface area contributed by atoms with Gasteiger partial charge in [-0.1, -0.05) is 110 Å². The molecule has 0 spiro atoms. The van der Waals surface area contributed by atoms with Gasteiger partial charge in [-0.3, -0.25) is 0 Å². The molecule has 2 nitrogen and oxygen atoms in total. The van der Waals surface area contributed by atoms with Crippen molar-refractivity contribution in [1.29, 1.82) is 0 Å². The molecule has 0 bridgehead atoms. The maximum atomic E-state index is 2.62. The van der Waals surface area contributed by atoms with Crippen molar-refractivity contribution in [1.82, 2.24) is 9.80 Å². The molecule has 2 heteroatoms. The lowest BCUT2D eigenvalue weighted by Gasteiger charge is -2.32. The summed E-state index contributed by atoms with van der Waals surface area (Å²) in [4.78, 5) is 5.17. The van der Waals surface area contributed by atoms with Gasteiger partial charge in [0.15, 0.2) is 0 Å². The van der Waals surface area contributed by atoms with Crippen LogP contribution in [0.25, 0.3) is 0 Å². The molecule has 1 rings (SSSR count). The van der Waals surface area contributed by atoms with Crippen molar-refractivity contribution in [2.24, 2.45) is 0 Å². The van der Waals surface area contributed by atoms with Gasteiger partial charge in [0, 0.05) is 25.5 Å². The van der Waals surface area contributed by atoms with Crippen LogP contribution in [-0.2, 0) is 0 Å². The van der Waals surface area contributed by atoms with E-state index in [4.69, 9.17) is 0 Å². The molecular weight excluding hydrogens is 340 g/mol. The van der Waals surface area contributed by atoms with Crippen molar-refractivity contribution in [3.63, 3.8) is 0 Å². The average Bonchev–Trinajstić information content (AvgIpc) is 3.10. The molecule has 0 aromatic carbocycles. The Bertz CT molecular complexity index is 352. The van der Waals surface area contributed by atoms with Crippen molar-refractivity contribution in [2.45, 2.75) is 143 Å². The molecule has 0 saturated heterocycles. The van der Waals surface area contributed by atoms with Crippen molar-refractivity contribution >= 4 is 0 Å². The zero-order chi connectivity index (χ0) is 20.3. The number of unbranched alkanes of at least 4 members (excludes halogenated alkanes) is 15. The Kier molecular flexibility index (Phi) is 16.7.